The van der Waals surface area contributed by atoms with E-state index in [0.29, 0.717) is 0 Å². The quantitative estimate of drug-likeness (QED) is 0.146. The van der Waals surface area contributed by atoms with Crippen LogP contribution >= 0.6 is 0 Å². The Morgan fingerprint density at radius 1 is 0.317 bits per heavy atom. The van der Waals surface area contributed by atoms with Gasteiger partial charge in [0.25, 0.3) is 0 Å². The molecule has 1 nitrogen and oxygen atoms in total. The van der Waals surface area contributed by atoms with Crippen molar-refractivity contribution < 1.29 is 0 Å². The fourth-order valence-electron chi connectivity index (χ4n) is 10.1. The summed E-state index contributed by atoms with van der Waals surface area (Å²) in [6.07, 6.45) is 0. The SMILES string of the molecule is Cc1cccc(N(c2ccc(-c3c4ccccc4c(-c4ccc5c(c4)C(c4ccccc4)(c4ccccc4)c4ccccc4-5)c4ccccc34)cc2)c2cccc(C)c2)c1. The van der Waals surface area contributed by atoms with Crippen molar-refractivity contribution in [2.24, 2.45) is 0 Å². The van der Waals surface area contributed by atoms with Crippen LogP contribution in [0.5, 0.6) is 0 Å². The smallest absolute Gasteiger partial charge is 0.0713 e. The summed E-state index contributed by atoms with van der Waals surface area (Å²) in [5.41, 5.74) is 18.1. The molecule has 1 aliphatic carbocycles. The van der Waals surface area contributed by atoms with Crippen molar-refractivity contribution in [3.63, 3.8) is 0 Å². The maximum Gasteiger partial charge on any atom is 0.0713 e. The highest BCUT2D eigenvalue weighted by Gasteiger charge is 2.46. The number of fused-ring (bicyclic) bond motifs is 5. The molecule has 0 unspecified atom stereocenters. The molecule has 10 aromatic carbocycles. The van der Waals surface area contributed by atoms with Crippen LogP contribution in [-0.2, 0) is 5.41 Å². The van der Waals surface area contributed by atoms with Crippen LogP contribution in [0.3, 0.4) is 0 Å². The average Bonchev–Trinajstić information content (AvgIpc) is 3.59. The molecule has 60 heavy (non-hydrogen) atoms. The van der Waals surface area contributed by atoms with Crippen molar-refractivity contribution in [2.75, 3.05) is 4.90 Å². The molecule has 284 valence electrons. The topological polar surface area (TPSA) is 3.24 Å². The van der Waals surface area contributed by atoms with E-state index in [1.165, 1.54) is 88.3 Å². The lowest BCUT2D eigenvalue weighted by Crippen LogP contribution is -2.28. The van der Waals surface area contributed by atoms with Crippen LogP contribution in [0, 0.1) is 13.8 Å². The minimum Gasteiger partial charge on any atom is -0.310 e. The molecule has 0 radical (unpaired) electrons. The van der Waals surface area contributed by atoms with Crippen molar-refractivity contribution in [3.05, 3.63) is 258 Å². The van der Waals surface area contributed by atoms with Crippen LogP contribution in [0.2, 0.25) is 0 Å². The third-order valence-electron chi connectivity index (χ3n) is 12.6. The Labute approximate surface area is 352 Å². The number of hydrogen-bond donors (Lipinski definition) is 0. The third kappa shape index (κ3) is 5.62. The minimum atomic E-state index is -0.470. The van der Waals surface area contributed by atoms with Crippen molar-refractivity contribution in [3.8, 4) is 33.4 Å². The molecule has 1 heteroatoms. The van der Waals surface area contributed by atoms with Gasteiger partial charge in [-0.05, 0) is 145 Å². The van der Waals surface area contributed by atoms with Crippen LogP contribution < -0.4 is 4.90 Å². The number of aryl methyl sites for hydroxylation is 2. The van der Waals surface area contributed by atoms with Gasteiger partial charge in [0.15, 0.2) is 0 Å². The Morgan fingerprint density at radius 3 is 1.30 bits per heavy atom. The van der Waals surface area contributed by atoms with Gasteiger partial charge in [0.2, 0.25) is 0 Å². The molecule has 0 bridgehead atoms. The van der Waals surface area contributed by atoms with E-state index >= 15 is 0 Å². The Hall–Kier alpha value is -7.48. The fourth-order valence-corrected chi connectivity index (χ4v) is 10.1. The van der Waals surface area contributed by atoms with Gasteiger partial charge in [0.05, 0.1) is 5.41 Å². The predicted octanol–water partition coefficient (Wildman–Crippen LogP) is 15.8. The second-order valence-electron chi connectivity index (χ2n) is 16.2. The third-order valence-corrected chi connectivity index (χ3v) is 12.6. The molecule has 0 aliphatic heterocycles. The van der Waals surface area contributed by atoms with Crippen molar-refractivity contribution in [1.29, 1.82) is 0 Å². The first-order valence-electron chi connectivity index (χ1n) is 20.9. The molecule has 0 saturated heterocycles. The lowest BCUT2D eigenvalue weighted by molar-refractivity contribution is 0.769. The average molecular weight is 766 g/mol. The molecule has 0 aromatic heterocycles. The summed E-state index contributed by atoms with van der Waals surface area (Å²) in [4.78, 5) is 2.36. The molecular formula is C59H43N. The second kappa shape index (κ2) is 14.4. The van der Waals surface area contributed by atoms with E-state index < -0.39 is 5.41 Å². The molecule has 0 heterocycles. The van der Waals surface area contributed by atoms with Crippen LogP contribution in [0.1, 0.15) is 33.4 Å². The van der Waals surface area contributed by atoms with Gasteiger partial charge in [-0.25, -0.2) is 0 Å². The zero-order valence-corrected chi connectivity index (χ0v) is 33.8. The van der Waals surface area contributed by atoms with Gasteiger partial charge in [0, 0.05) is 17.1 Å². The Bertz CT molecular complexity index is 3070. The van der Waals surface area contributed by atoms with Crippen molar-refractivity contribution in [2.45, 2.75) is 19.3 Å². The van der Waals surface area contributed by atoms with Crippen LogP contribution in [0.4, 0.5) is 17.1 Å². The molecule has 11 rings (SSSR count). The zero-order valence-electron chi connectivity index (χ0n) is 33.8. The summed E-state index contributed by atoms with van der Waals surface area (Å²) in [6.45, 7) is 4.32. The summed E-state index contributed by atoms with van der Waals surface area (Å²) in [5.74, 6) is 0. The monoisotopic (exact) mass is 765 g/mol. The van der Waals surface area contributed by atoms with E-state index in [1.54, 1.807) is 0 Å². The summed E-state index contributed by atoms with van der Waals surface area (Å²) in [5, 5.41) is 4.98. The summed E-state index contributed by atoms with van der Waals surface area (Å²) >= 11 is 0. The highest BCUT2D eigenvalue weighted by Crippen LogP contribution is 2.57. The summed E-state index contributed by atoms with van der Waals surface area (Å²) in [7, 11) is 0. The van der Waals surface area contributed by atoms with Crippen molar-refractivity contribution >= 4 is 38.6 Å². The molecule has 10 aromatic rings. The largest absolute Gasteiger partial charge is 0.310 e. The first-order chi connectivity index (χ1) is 29.6. The summed E-state index contributed by atoms with van der Waals surface area (Å²) < 4.78 is 0. The lowest BCUT2D eigenvalue weighted by atomic mass is 9.67. The van der Waals surface area contributed by atoms with Crippen LogP contribution in [-0.4, -0.2) is 0 Å². The first-order valence-corrected chi connectivity index (χ1v) is 20.9. The molecule has 0 spiro atoms. The minimum absolute atomic E-state index is 0.470. The van der Waals surface area contributed by atoms with Gasteiger partial charge in [0.1, 0.15) is 0 Å². The molecule has 0 N–H and O–H groups in total. The molecule has 0 saturated carbocycles. The molecule has 0 amide bonds. The lowest BCUT2D eigenvalue weighted by Gasteiger charge is -2.34. The van der Waals surface area contributed by atoms with Crippen LogP contribution in [0.25, 0.3) is 54.9 Å². The van der Waals surface area contributed by atoms with E-state index in [4.69, 9.17) is 0 Å². The summed E-state index contributed by atoms with van der Waals surface area (Å²) in [6, 6.07) is 83.1. The number of anilines is 3. The predicted molar refractivity (Wildman–Crippen MR) is 254 cm³/mol. The van der Waals surface area contributed by atoms with E-state index in [1.807, 2.05) is 0 Å². The highest BCUT2D eigenvalue weighted by molar-refractivity contribution is 6.21. The normalized spacial score (nSPS) is 12.6. The van der Waals surface area contributed by atoms with E-state index in [9.17, 15) is 0 Å². The molecule has 0 fully saturated rings. The van der Waals surface area contributed by atoms with Gasteiger partial charge in [-0.2, -0.15) is 0 Å². The van der Waals surface area contributed by atoms with E-state index in [2.05, 4.69) is 243 Å². The number of hydrogen-bond acceptors (Lipinski definition) is 1. The van der Waals surface area contributed by atoms with Gasteiger partial charge in [-0.3, -0.25) is 0 Å². The van der Waals surface area contributed by atoms with Gasteiger partial charge >= 0.3 is 0 Å². The number of benzene rings is 10. The van der Waals surface area contributed by atoms with E-state index in [-0.39, 0.29) is 0 Å². The maximum atomic E-state index is 2.50. The maximum absolute atomic E-state index is 2.50. The highest BCUT2D eigenvalue weighted by atomic mass is 15.1. The molecule has 0 atom stereocenters. The second-order valence-corrected chi connectivity index (χ2v) is 16.2. The van der Waals surface area contributed by atoms with Gasteiger partial charge < -0.3 is 4.90 Å². The van der Waals surface area contributed by atoms with Gasteiger partial charge in [-0.1, -0.05) is 182 Å². The Morgan fingerprint density at radius 2 is 0.767 bits per heavy atom. The molecule has 1 aliphatic rings. The van der Waals surface area contributed by atoms with Gasteiger partial charge in [-0.15, -0.1) is 0 Å². The standard InChI is InChI=1S/C59H43N/c1-40-17-15-23-47(37-40)60(48-24-16-18-41(2)38-48)46-34-31-42(32-35-46)57-51-26-9-11-28-53(51)58(54-29-12-10-27-52(54)57)43-33-36-50-49-25-13-14-30-55(49)59(56(50)39-43,44-19-5-3-6-20-44)45-21-7-4-8-22-45/h3-39H,1-2H3. The molecular weight excluding hydrogens is 723 g/mol. The van der Waals surface area contributed by atoms with E-state index in [0.717, 1.165) is 17.1 Å². The fraction of sp³-hybridized carbons (Fsp3) is 0.0508. The number of nitrogens with zero attached hydrogens (tertiary/aromatic N) is 1. The van der Waals surface area contributed by atoms with Crippen LogP contribution in [0.15, 0.2) is 224 Å². The Balaban J connectivity index is 1.12. The first kappa shape index (κ1) is 35.7. The van der Waals surface area contributed by atoms with Crippen molar-refractivity contribution in [1.82, 2.24) is 0 Å². The number of rotatable bonds is 7. The zero-order chi connectivity index (χ0) is 40.2. The Kier molecular flexibility index (Phi) is 8.57.